The number of thiophene rings is 1. The highest BCUT2D eigenvalue weighted by Crippen LogP contribution is 2.39. The van der Waals surface area contributed by atoms with Crippen LogP contribution in [0.4, 0.5) is 0 Å². The average Bonchev–Trinajstić information content (AvgIpc) is 3.20. The lowest BCUT2D eigenvalue weighted by molar-refractivity contribution is -0.123. The van der Waals surface area contributed by atoms with Crippen LogP contribution < -0.4 is 5.32 Å². The summed E-state index contributed by atoms with van der Waals surface area (Å²) in [5, 5.41) is 13.7. The number of aliphatic hydroxyl groups excluding tert-OH is 1. The van der Waals surface area contributed by atoms with E-state index in [9.17, 15) is 9.90 Å². The summed E-state index contributed by atoms with van der Waals surface area (Å²) in [7, 11) is 0. The van der Waals surface area contributed by atoms with Gasteiger partial charge in [-0.2, -0.15) is 0 Å². The van der Waals surface area contributed by atoms with Crippen molar-refractivity contribution in [1.82, 2.24) is 5.32 Å². The summed E-state index contributed by atoms with van der Waals surface area (Å²) in [6, 6.07) is 10.2. The van der Waals surface area contributed by atoms with Gasteiger partial charge < -0.3 is 10.4 Å². The van der Waals surface area contributed by atoms with E-state index in [1.807, 2.05) is 19.1 Å². The zero-order chi connectivity index (χ0) is 14.2. The molecule has 0 spiro atoms. The lowest BCUT2D eigenvalue weighted by Gasteiger charge is -2.28. The summed E-state index contributed by atoms with van der Waals surface area (Å²) in [5.74, 6) is 0.430. The molecular formula is C16H19NO2S. The molecule has 1 saturated carbocycles. The fourth-order valence-corrected chi connectivity index (χ4v) is 3.70. The number of carbonyl (C=O) groups is 1. The summed E-state index contributed by atoms with van der Waals surface area (Å²) in [5.41, 5.74) is -0.451. The second-order valence-corrected chi connectivity index (χ2v) is 6.99. The zero-order valence-electron chi connectivity index (χ0n) is 11.6. The Balaban J connectivity index is 1.69. The van der Waals surface area contributed by atoms with Crippen LogP contribution in [0, 0.1) is 5.92 Å². The van der Waals surface area contributed by atoms with E-state index in [1.54, 1.807) is 11.3 Å². The first kappa shape index (κ1) is 13.6. The van der Waals surface area contributed by atoms with Gasteiger partial charge in [-0.25, -0.2) is 0 Å². The maximum absolute atomic E-state index is 12.2. The van der Waals surface area contributed by atoms with Crippen molar-refractivity contribution in [2.45, 2.75) is 31.7 Å². The highest BCUT2D eigenvalue weighted by atomic mass is 32.1. The predicted octanol–water partition coefficient (Wildman–Crippen LogP) is 2.72. The summed E-state index contributed by atoms with van der Waals surface area (Å²) in [4.78, 5) is 13.2. The molecule has 1 amide bonds. The Kier molecular flexibility index (Phi) is 3.52. The first-order chi connectivity index (χ1) is 9.60. The zero-order valence-corrected chi connectivity index (χ0v) is 12.4. The number of amides is 1. The van der Waals surface area contributed by atoms with E-state index in [1.165, 1.54) is 10.1 Å². The van der Waals surface area contributed by atoms with Crippen LogP contribution in [0.25, 0.3) is 10.1 Å². The van der Waals surface area contributed by atoms with Crippen LogP contribution in [0.2, 0.25) is 0 Å². The molecule has 1 unspecified atom stereocenters. The lowest BCUT2D eigenvalue weighted by Crippen LogP contribution is -2.51. The number of benzene rings is 1. The molecule has 1 fully saturated rings. The molecule has 0 aliphatic heterocycles. The maximum Gasteiger partial charge on any atom is 0.225 e. The number of fused-ring (bicyclic) bond motifs is 1. The Hall–Kier alpha value is -1.39. The molecule has 2 N–H and O–H groups in total. The van der Waals surface area contributed by atoms with Crippen molar-refractivity contribution < 1.29 is 9.90 Å². The van der Waals surface area contributed by atoms with Gasteiger partial charge in [-0.1, -0.05) is 18.2 Å². The van der Waals surface area contributed by atoms with Crippen LogP contribution in [-0.4, -0.2) is 23.2 Å². The van der Waals surface area contributed by atoms with E-state index in [2.05, 4.69) is 23.5 Å². The van der Waals surface area contributed by atoms with Crippen molar-refractivity contribution in [3.05, 3.63) is 35.2 Å². The minimum atomic E-state index is -0.451. The Bertz CT molecular complexity index is 599. The standard InChI is InChI=1S/C16H19NO2S/c1-16(10-18,12-6-7-12)17-15(19)9-13-8-11-4-2-3-5-14(11)20-13/h2-5,8,12,18H,6-7,9-10H2,1H3,(H,17,19). The molecule has 1 aromatic carbocycles. The van der Waals surface area contributed by atoms with E-state index in [-0.39, 0.29) is 12.5 Å². The Morgan fingerprint density at radius 1 is 1.45 bits per heavy atom. The first-order valence-electron chi connectivity index (χ1n) is 7.00. The SMILES string of the molecule is CC(CO)(NC(=O)Cc1cc2ccccc2s1)C1CC1. The number of rotatable bonds is 5. The molecule has 0 saturated heterocycles. The van der Waals surface area contributed by atoms with Gasteiger partial charge in [0.1, 0.15) is 0 Å². The minimum absolute atomic E-state index is 0.00000567. The Morgan fingerprint density at radius 2 is 2.20 bits per heavy atom. The lowest BCUT2D eigenvalue weighted by atomic mass is 9.97. The van der Waals surface area contributed by atoms with Crippen LogP contribution in [-0.2, 0) is 11.2 Å². The third-order valence-electron chi connectivity index (χ3n) is 4.04. The van der Waals surface area contributed by atoms with Crippen molar-refractivity contribution in [2.24, 2.45) is 5.92 Å². The third kappa shape index (κ3) is 2.72. The molecular weight excluding hydrogens is 270 g/mol. The third-order valence-corrected chi connectivity index (χ3v) is 5.16. The number of nitrogens with one attached hydrogen (secondary N) is 1. The van der Waals surface area contributed by atoms with E-state index >= 15 is 0 Å². The second kappa shape index (κ2) is 5.19. The van der Waals surface area contributed by atoms with E-state index in [0.717, 1.165) is 17.7 Å². The van der Waals surface area contributed by atoms with Crippen LogP contribution in [0.15, 0.2) is 30.3 Å². The molecule has 1 aliphatic carbocycles. The molecule has 1 atom stereocenters. The van der Waals surface area contributed by atoms with Crippen molar-refractivity contribution in [3.8, 4) is 0 Å². The fraction of sp³-hybridized carbons (Fsp3) is 0.438. The highest BCUT2D eigenvalue weighted by molar-refractivity contribution is 7.19. The molecule has 2 aromatic rings. The van der Waals surface area contributed by atoms with E-state index in [4.69, 9.17) is 0 Å². The van der Waals surface area contributed by atoms with Gasteiger partial charge in [-0.15, -0.1) is 11.3 Å². The topological polar surface area (TPSA) is 49.3 Å². The second-order valence-electron chi connectivity index (χ2n) is 5.83. The van der Waals surface area contributed by atoms with E-state index in [0.29, 0.717) is 12.3 Å². The van der Waals surface area contributed by atoms with Crippen molar-refractivity contribution >= 4 is 27.3 Å². The molecule has 3 rings (SSSR count). The largest absolute Gasteiger partial charge is 0.394 e. The van der Waals surface area contributed by atoms with Gasteiger partial charge >= 0.3 is 0 Å². The summed E-state index contributed by atoms with van der Waals surface area (Å²) >= 11 is 1.66. The molecule has 0 radical (unpaired) electrons. The number of hydrogen-bond acceptors (Lipinski definition) is 3. The Labute approximate surface area is 122 Å². The molecule has 4 heteroatoms. The van der Waals surface area contributed by atoms with E-state index < -0.39 is 5.54 Å². The summed E-state index contributed by atoms with van der Waals surface area (Å²) in [6.45, 7) is 1.95. The molecule has 1 heterocycles. The monoisotopic (exact) mass is 289 g/mol. The number of hydrogen-bond donors (Lipinski definition) is 2. The maximum atomic E-state index is 12.2. The van der Waals surface area contributed by atoms with Crippen molar-refractivity contribution in [3.63, 3.8) is 0 Å². The summed E-state index contributed by atoms with van der Waals surface area (Å²) < 4.78 is 1.21. The first-order valence-corrected chi connectivity index (χ1v) is 7.82. The van der Waals surface area contributed by atoms with Gasteiger partial charge in [0.15, 0.2) is 0 Å². The fourth-order valence-electron chi connectivity index (χ4n) is 2.64. The predicted molar refractivity (Wildman–Crippen MR) is 81.9 cm³/mol. The number of carbonyl (C=O) groups excluding carboxylic acids is 1. The molecule has 1 aromatic heterocycles. The van der Waals surface area contributed by atoms with Gasteiger partial charge in [0.25, 0.3) is 0 Å². The van der Waals surface area contributed by atoms with Crippen molar-refractivity contribution in [1.29, 1.82) is 0 Å². The normalized spacial score (nSPS) is 17.9. The Morgan fingerprint density at radius 3 is 2.85 bits per heavy atom. The van der Waals surface area contributed by atoms with Crippen LogP contribution in [0.1, 0.15) is 24.6 Å². The van der Waals surface area contributed by atoms with Crippen LogP contribution >= 0.6 is 11.3 Å². The molecule has 1 aliphatic rings. The molecule has 0 bridgehead atoms. The highest BCUT2D eigenvalue weighted by Gasteiger charge is 2.42. The van der Waals surface area contributed by atoms with Gasteiger partial charge in [0, 0.05) is 9.58 Å². The average molecular weight is 289 g/mol. The van der Waals surface area contributed by atoms with Gasteiger partial charge in [0.05, 0.1) is 18.6 Å². The van der Waals surface area contributed by atoms with Crippen molar-refractivity contribution in [2.75, 3.05) is 6.61 Å². The molecule has 106 valence electrons. The van der Waals surface area contributed by atoms with Gasteiger partial charge in [-0.3, -0.25) is 4.79 Å². The molecule has 20 heavy (non-hydrogen) atoms. The quantitative estimate of drug-likeness (QED) is 0.889. The minimum Gasteiger partial charge on any atom is -0.394 e. The number of aliphatic hydroxyl groups is 1. The van der Waals surface area contributed by atoms with Gasteiger partial charge in [-0.05, 0) is 43.2 Å². The smallest absolute Gasteiger partial charge is 0.225 e. The van der Waals surface area contributed by atoms with Crippen LogP contribution in [0.3, 0.4) is 0 Å². The molecule has 3 nitrogen and oxygen atoms in total. The van der Waals surface area contributed by atoms with Gasteiger partial charge in [0.2, 0.25) is 5.91 Å². The summed E-state index contributed by atoms with van der Waals surface area (Å²) in [6.07, 6.45) is 2.59. The van der Waals surface area contributed by atoms with Crippen LogP contribution in [0.5, 0.6) is 0 Å².